The summed E-state index contributed by atoms with van der Waals surface area (Å²) in [5.41, 5.74) is 6.94. The van der Waals surface area contributed by atoms with E-state index in [4.69, 9.17) is 4.74 Å². The lowest BCUT2D eigenvalue weighted by atomic mass is 10.2. The van der Waals surface area contributed by atoms with E-state index in [1.807, 2.05) is 35.0 Å². The van der Waals surface area contributed by atoms with Gasteiger partial charge in [0, 0.05) is 17.6 Å². The average Bonchev–Trinajstić information content (AvgIpc) is 2.93. The number of hydrogen-bond acceptors (Lipinski definition) is 2. The lowest BCUT2D eigenvalue weighted by molar-refractivity contribution is 0.0603. The smallest absolute Gasteiger partial charge is 0.340 e. The van der Waals surface area contributed by atoms with Crippen LogP contribution in [0.15, 0.2) is 30.5 Å². The molecule has 1 aromatic heterocycles. The Kier molecular flexibility index (Phi) is 5.79. The van der Waals surface area contributed by atoms with Gasteiger partial charge in [-0.1, -0.05) is 59.7 Å². The van der Waals surface area contributed by atoms with Gasteiger partial charge in [-0.3, -0.25) is 4.57 Å². The quantitative estimate of drug-likeness (QED) is 0.414. The van der Waals surface area contributed by atoms with E-state index in [-0.39, 0.29) is 5.97 Å². The lowest BCUT2D eigenvalue weighted by Gasteiger charge is -2.37. The normalized spacial score (nSPS) is 11.9. The van der Waals surface area contributed by atoms with Crippen LogP contribution < -0.4 is 0 Å². The first-order valence-electron chi connectivity index (χ1n) is 8.97. The SMILES string of the molecule is COC(=O)c1cn(C#C[Si](C(C)C)(C(C)C)C(C)C)c2ccccc12. The molecule has 0 aliphatic carbocycles. The van der Waals surface area contributed by atoms with Crippen LogP contribution in [0.4, 0.5) is 0 Å². The zero-order valence-corrected chi connectivity index (χ0v) is 17.4. The van der Waals surface area contributed by atoms with Crippen LogP contribution in [-0.4, -0.2) is 25.7 Å². The molecule has 25 heavy (non-hydrogen) atoms. The van der Waals surface area contributed by atoms with Crippen LogP contribution in [0.5, 0.6) is 0 Å². The second-order valence-corrected chi connectivity index (χ2v) is 13.1. The third-order valence-corrected chi connectivity index (χ3v) is 11.7. The largest absolute Gasteiger partial charge is 0.465 e. The van der Waals surface area contributed by atoms with Crippen molar-refractivity contribution in [2.45, 2.75) is 58.2 Å². The fourth-order valence-electron chi connectivity index (χ4n) is 4.13. The Morgan fingerprint density at radius 1 is 1.04 bits per heavy atom. The van der Waals surface area contributed by atoms with E-state index >= 15 is 0 Å². The first-order chi connectivity index (χ1) is 11.8. The van der Waals surface area contributed by atoms with Crippen LogP contribution in [-0.2, 0) is 4.74 Å². The molecule has 0 unspecified atom stereocenters. The number of aromatic nitrogens is 1. The molecule has 0 saturated heterocycles. The van der Waals surface area contributed by atoms with Gasteiger partial charge in [0.1, 0.15) is 8.07 Å². The molecule has 0 fully saturated rings. The second-order valence-electron chi connectivity index (χ2n) is 7.56. The minimum absolute atomic E-state index is 0.322. The maximum absolute atomic E-state index is 12.1. The summed E-state index contributed by atoms with van der Waals surface area (Å²) in [4.78, 5) is 12.1. The molecule has 0 amide bonds. The molecule has 4 heteroatoms. The van der Waals surface area contributed by atoms with E-state index < -0.39 is 8.07 Å². The van der Waals surface area contributed by atoms with Crippen molar-refractivity contribution in [1.29, 1.82) is 0 Å². The minimum Gasteiger partial charge on any atom is -0.465 e. The van der Waals surface area contributed by atoms with Gasteiger partial charge in [-0.15, -0.1) is 5.54 Å². The topological polar surface area (TPSA) is 31.2 Å². The number of carbonyl (C=O) groups is 1. The summed E-state index contributed by atoms with van der Waals surface area (Å²) in [5.74, 6) is -0.322. The number of benzene rings is 1. The standard InChI is InChI=1S/C21H29NO2Si/c1-15(2)25(16(3)4,17(5)6)13-12-22-14-19(21(23)24-7)18-10-8-9-11-20(18)22/h8-11,14-17H,1-7H3. The summed E-state index contributed by atoms with van der Waals surface area (Å²) in [6, 6.07) is 11.2. The van der Waals surface area contributed by atoms with Gasteiger partial charge < -0.3 is 4.74 Å². The molecule has 0 aliphatic heterocycles. The maximum Gasteiger partial charge on any atom is 0.340 e. The van der Waals surface area contributed by atoms with Crippen LogP contribution in [0.3, 0.4) is 0 Å². The number of hydrogen-bond donors (Lipinski definition) is 0. The summed E-state index contributed by atoms with van der Waals surface area (Å²) in [6.07, 6.45) is 1.81. The predicted octanol–water partition coefficient (Wildman–Crippen LogP) is 5.45. The third-order valence-electron chi connectivity index (χ3n) is 5.38. The van der Waals surface area contributed by atoms with Crippen LogP contribution >= 0.6 is 0 Å². The minimum atomic E-state index is -1.82. The van der Waals surface area contributed by atoms with Gasteiger partial charge in [-0.05, 0) is 22.7 Å². The highest BCUT2D eigenvalue weighted by Gasteiger charge is 2.41. The lowest BCUT2D eigenvalue weighted by Crippen LogP contribution is -2.43. The van der Waals surface area contributed by atoms with Gasteiger partial charge in [0.25, 0.3) is 0 Å². The van der Waals surface area contributed by atoms with Gasteiger partial charge in [-0.25, -0.2) is 4.79 Å². The molecule has 2 aromatic rings. The Balaban J connectivity index is 2.65. The summed E-state index contributed by atoms with van der Waals surface area (Å²) in [5, 5.41) is 0.884. The first kappa shape index (κ1) is 19.3. The van der Waals surface area contributed by atoms with Crippen LogP contribution in [0.2, 0.25) is 16.6 Å². The predicted molar refractivity (Wildman–Crippen MR) is 107 cm³/mol. The molecule has 0 spiro atoms. The van der Waals surface area contributed by atoms with Crippen LogP contribution in [0, 0.1) is 11.6 Å². The van der Waals surface area contributed by atoms with E-state index in [1.165, 1.54) is 7.11 Å². The Bertz CT molecular complexity index is 799. The Labute approximate surface area is 152 Å². The summed E-state index contributed by atoms with van der Waals surface area (Å²) in [7, 11) is -0.411. The van der Waals surface area contributed by atoms with Gasteiger partial charge in [-0.2, -0.15) is 0 Å². The highest BCUT2D eigenvalue weighted by atomic mass is 28.3. The number of nitrogens with zero attached hydrogens (tertiary/aromatic N) is 1. The third kappa shape index (κ3) is 3.39. The van der Waals surface area contributed by atoms with Crippen molar-refractivity contribution >= 4 is 24.9 Å². The van der Waals surface area contributed by atoms with E-state index in [2.05, 4.69) is 53.1 Å². The molecular formula is C21H29NO2Si. The molecular weight excluding hydrogens is 326 g/mol. The van der Waals surface area contributed by atoms with Crippen LogP contribution in [0.25, 0.3) is 10.9 Å². The van der Waals surface area contributed by atoms with Crippen LogP contribution in [0.1, 0.15) is 51.9 Å². The molecule has 0 atom stereocenters. The highest BCUT2D eigenvalue weighted by Crippen LogP contribution is 2.40. The summed E-state index contributed by atoms with van der Waals surface area (Å²) in [6.45, 7) is 13.8. The molecule has 0 aliphatic rings. The molecule has 1 aromatic carbocycles. The molecule has 2 rings (SSSR count). The summed E-state index contributed by atoms with van der Waals surface area (Å²) >= 11 is 0. The molecule has 1 heterocycles. The van der Waals surface area contributed by atoms with Crippen molar-refractivity contribution in [2.24, 2.45) is 0 Å². The summed E-state index contributed by atoms with van der Waals surface area (Å²) < 4.78 is 6.83. The van der Waals surface area contributed by atoms with E-state index in [9.17, 15) is 4.79 Å². The van der Waals surface area contributed by atoms with Crippen molar-refractivity contribution in [2.75, 3.05) is 7.11 Å². The molecule has 0 N–H and O–H groups in total. The molecule has 0 radical (unpaired) electrons. The van der Waals surface area contributed by atoms with E-state index in [0.717, 1.165) is 10.9 Å². The molecule has 134 valence electrons. The Morgan fingerprint density at radius 3 is 2.12 bits per heavy atom. The van der Waals surface area contributed by atoms with Gasteiger partial charge in [0.05, 0.1) is 18.2 Å². The molecule has 0 saturated carbocycles. The fourth-order valence-corrected chi connectivity index (χ4v) is 9.31. The zero-order chi connectivity index (χ0) is 18.8. The number of fused-ring (bicyclic) bond motifs is 1. The van der Waals surface area contributed by atoms with Crippen molar-refractivity contribution in [1.82, 2.24) is 4.57 Å². The number of rotatable bonds is 4. The van der Waals surface area contributed by atoms with Gasteiger partial charge in [0.15, 0.2) is 0 Å². The van der Waals surface area contributed by atoms with Crippen molar-refractivity contribution in [3.05, 3.63) is 36.0 Å². The molecule has 0 bridgehead atoms. The number of methoxy groups -OCH3 is 1. The number of carbonyl (C=O) groups excluding carboxylic acids is 1. The monoisotopic (exact) mass is 355 g/mol. The maximum atomic E-state index is 12.1. The van der Waals surface area contributed by atoms with Crippen molar-refractivity contribution in [3.63, 3.8) is 0 Å². The first-order valence-corrected chi connectivity index (χ1v) is 11.2. The van der Waals surface area contributed by atoms with Gasteiger partial charge >= 0.3 is 5.97 Å². The Hall–Kier alpha value is -1.99. The number of esters is 1. The zero-order valence-electron chi connectivity index (χ0n) is 16.4. The van der Waals surface area contributed by atoms with Crippen molar-refractivity contribution < 1.29 is 9.53 Å². The van der Waals surface area contributed by atoms with Gasteiger partial charge in [0.2, 0.25) is 0 Å². The van der Waals surface area contributed by atoms with Crippen molar-refractivity contribution in [3.8, 4) is 11.6 Å². The number of para-hydroxylation sites is 1. The second kappa shape index (κ2) is 7.49. The van der Waals surface area contributed by atoms with E-state index in [1.54, 1.807) is 0 Å². The Morgan fingerprint density at radius 2 is 1.60 bits per heavy atom. The number of ether oxygens (including phenoxy) is 1. The average molecular weight is 356 g/mol. The highest BCUT2D eigenvalue weighted by molar-refractivity contribution is 6.90. The fraction of sp³-hybridized carbons (Fsp3) is 0.476. The molecule has 3 nitrogen and oxygen atoms in total. The van der Waals surface area contributed by atoms with E-state index in [0.29, 0.717) is 22.2 Å².